The maximum Gasteiger partial charge on any atom is 0.338 e. The molecule has 0 saturated heterocycles. The van der Waals surface area contributed by atoms with E-state index in [1.54, 1.807) is 22.9 Å². The maximum absolute atomic E-state index is 15.5. The monoisotopic (exact) mass is 562 g/mol. The Morgan fingerprint density at radius 3 is 2.38 bits per heavy atom. The largest absolute Gasteiger partial charge is 0.478 e. The van der Waals surface area contributed by atoms with Gasteiger partial charge in [-0.15, -0.1) is 0 Å². The molecule has 0 bridgehead atoms. The number of rotatable bonds is 6. The normalized spacial score (nSPS) is 11.0. The van der Waals surface area contributed by atoms with Crippen molar-refractivity contribution in [2.24, 2.45) is 0 Å². The Kier molecular flexibility index (Phi) is 6.59. The van der Waals surface area contributed by atoms with Gasteiger partial charge in [0.25, 0.3) is 5.91 Å². The zero-order valence-electron chi connectivity index (χ0n) is 21.6. The number of carbonyl (C=O) groups excluding carboxylic acids is 1. The van der Waals surface area contributed by atoms with Crippen LogP contribution >= 0.6 is 0 Å². The molecule has 6 rings (SSSR count). The number of nitrogens with two attached hydrogens (primary N) is 1. The number of aromatic nitrogens is 4. The molecule has 0 fully saturated rings. The number of benzene rings is 3. The third-order valence-corrected chi connectivity index (χ3v) is 6.59. The van der Waals surface area contributed by atoms with Gasteiger partial charge in [-0.25, -0.2) is 28.5 Å². The number of fused-ring (bicyclic) bond motifs is 1. The molecule has 6 aromatic rings. The SMILES string of the molecule is Nc1ncccc1-c1nc2ccc(-c3ccccc3)nc2n1-c1ccc(NC(=O)c2cccc(C(=O)O)c2F)c(F)c1. The standard InChI is InChI=1S/C31H20F2N6O3/c32-22-16-18(11-12-24(22)38-30(40)19-8-4-9-20(26(19)33)31(41)42)39-28(21-10-5-15-35-27(21)34)37-25-14-13-23(36-29(25)39)17-6-2-1-3-7-17/h1-16H,(H2,34,35)(H,38,40)(H,41,42). The van der Waals surface area contributed by atoms with Crippen molar-refractivity contribution >= 4 is 34.5 Å². The van der Waals surface area contributed by atoms with Crippen molar-refractivity contribution in [2.45, 2.75) is 0 Å². The fraction of sp³-hybridized carbons (Fsp3) is 0. The molecule has 0 saturated carbocycles. The first-order valence-corrected chi connectivity index (χ1v) is 12.6. The topological polar surface area (TPSA) is 136 Å². The van der Waals surface area contributed by atoms with Crippen molar-refractivity contribution in [3.05, 3.63) is 120 Å². The Morgan fingerprint density at radius 2 is 1.64 bits per heavy atom. The molecule has 206 valence electrons. The lowest BCUT2D eigenvalue weighted by atomic mass is 10.1. The predicted octanol–water partition coefficient (Wildman–Crippen LogP) is 5.96. The van der Waals surface area contributed by atoms with E-state index in [2.05, 4.69) is 10.3 Å². The van der Waals surface area contributed by atoms with Gasteiger partial charge in [-0.3, -0.25) is 9.36 Å². The number of nitrogens with one attached hydrogen (secondary N) is 1. The molecule has 0 aliphatic heterocycles. The van der Waals surface area contributed by atoms with E-state index in [9.17, 15) is 14.0 Å². The van der Waals surface area contributed by atoms with Crippen LogP contribution in [0.25, 0.3) is 39.5 Å². The Hall–Kier alpha value is -5.97. The molecular weight excluding hydrogens is 542 g/mol. The van der Waals surface area contributed by atoms with Crippen LogP contribution in [0.1, 0.15) is 20.7 Å². The Labute approximate surface area is 236 Å². The van der Waals surface area contributed by atoms with E-state index in [4.69, 9.17) is 20.8 Å². The molecule has 11 heteroatoms. The lowest BCUT2D eigenvalue weighted by Gasteiger charge is -2.13. The zero-order valence-corrected chi connectivity index (χ0v) is 21.6. The van der Waals surface area contributed by atoms with E-state index in [-0.39, 0.29) is 11.5 Å². The number of nitrogen functional groups attached to an aromatic ring is 1. The number of carboxylic acids is 1. The number of halogens is 2. The van der Waals surface area contributed by atoms with Gasteiger partial charge in [0.05, 0.1) is 33.8 Å². The van der Waals surface area contributed by atoms with Gasteiger partial charge in [-0.1, -0.05) is 36.4 Å². The van der Waals surface area contributed by atoms with Crippen molar-refractivity contribution in [1.82, 2.24) is 19.5 Å². The highest BCUT2D eigenvalue weighted by atomic mass is 19.1. The number of carbonyl (C=O) groups is 2. The number of pyridine rings is 2. The molecule has 0 spiro atoms. The third-order valence-electron chi connectivity index (χ3n) is 6.59. The smallest absolute Gasteiger partial charge is 0.338 e. The van der Waals surface area contributed by atoms with Crippen LogP contribution in [-0.2, 0) is 0 Å². The fourth-order valence-electron chi connectivity index (χ4n) is 4.57. The van der Waals surface area contributed by atoms with Crippen molar-refractivity contribution in [1.29, 1.82) is 0 Å². The summed E-state index contributed by atoms with van der Waals surface area (Å²) in [5, 5.41) is 11.5. The zero-order chi connectivity index (χ0) is 29.4. The first-order chi connectivity index (χ1) is 20.3. The van der Waals surface area contributed by atoms with Gasteiger partial charge in [-0.05, 0) is 48.5 Å². The number of anilines is 2. The summed E-state index contributed by atoms with van der Waals surface area (Å²) >= 11 is 0. The highest BCUT2D eigenvalue weighted by molar-refractivity contribution is 6.06. The average molecular weight is 563 g/mol. The molecule has 9 nitrogen and oxygen atoms in total. The van der Waals surface area contributed by atoms with Crippen LogP contribution in [0.2, 0.25) is 0 Å². The maximum atomic E-state index is 15.5. The lowest BCUT2D eigenvalue weighted by Crippen LogP contribution is -2.17. The van der Waals surface area contributed by atoms with Crippen molar-refractivity contribution in [3.63, 3.8) is 0 Å². The molecule has 3 aromatic carbocycles. The quantitative estimate of drug-likeness (QED) is 0.228. The lowest BCUT2D eigenvalue weighted by molar-refractivity contribution is 0.0692. The average Bonchev–Trinajstić information content (AvgIpc) is 3.37. The van der Waals surface area contributed by atoms with Crippen LogP contribution < -0.4 is 11.1 Å². The van der Waals surface area contributed by atoms with Gasteiger partial charge in [0, 0.05) is 17.8 Å². The van der Waals surface area contributed by atoms with E-state index in [0.717, 1.165) is 17.7 Å². The minimum Gasteiger partial charge on any atom is -0.478 e. The number of amides is 1. The van der Waals surface area contributed by atoms with Gasteiger partial charge in [0.15, 0.2) is 11.5 Å². The van der Waals surface area contributed by atoms with Crippen LogP contribution in [0.15, 0.2) is 97.2 Å². The van der Waals surface area contributed by atoms with Gasteiger partial charge < -0.3 is 16.2 Å². The molecule has 0 aliphatic carbocycles. The molecular formula is C31H20F2N6O3. The van der Waals surface area contributed by atoms with Crippen molar-refractivity contribution < 1.29 is 23.5 Å². The second kappa shape index (κ2) is 10.5. The highest BCUT2D eigenvalue weighted by Gasteiger charge is 2.22. The van der Waals surface area contributed by atoms with Crippen LogP contribution in [0.3, 0.4) is 0 Å². The van der Waals surface area contributed by atoms with Crippen LogP contribution in [0.4, 0.5) is 20.3 Å². The highest BCUT2D eigenvalue weighted by Crippen LogP contribution is 2.33. The minimum atomic E-state index is -1.53. The van der Waals surface area contributed by atoms with Gasteiger partial charge >= 0.3 is 5.97 Å². The molecule has 1 amide bonds. The van der Waals surface area contributed by atoms with E-state index >= 15 is 4.39 Å². The summed E-state index contributed by atoms with van der Waals surface area (Å²) in [6.45, 7) is 0. The number of hydrogen-bond donors (Lipinski definition) is 3. The molecule has 0 atom stereocenters. The van der Waals surface area contributed by atoms with Gasteiger partial charge in [0.2, 0.25) is 0 Å². The van der Waals surface area contributed by atoms with Crippen LogP contribution in [-0.4, -0.2) is 36.5 Å². The third kappa shape index (κ3) is 4.68. The fourth-order valence-corrected chi connectivity index (χ4v) is 4.57. The van der Waals surface area contributed by atoms with E-state index < -0.39 is 34.6 Å². The minimum absolute atomic E-state index is 0.215. The molecule has 0 unspecified atom stereocenters. The predicted molar refractivity (Wildman–Crippen MR) is 153 cm³/mol. The molecule has 42 heavy (non-hydrogen) atoms. The summed E-state index contributed by atoms with van der Waals surface area (Å²) in [6, 6.07) is 24.0. The second-order valence-electron chi connectivity index (χ2n) is 9.20. The van der Waals surface area contributed by atoms with Crippen LogP contribution in [0.5, 0.6) is 0 Å². The Balaban J connectivity index is 1.45. The summed E-state index contributed by atoms with van der Waals surface area (Å²) in [6.07, 6.45) is 1.55. The summed E-state index contributed by atoms with van der Waals surface area (Å²) in [5.41, 5.74) is 8.05. The number of nitrogens with zero attached hydrogens (tertiary/aromatic N) is 4. The molecule has 4 N–H and O–H groups in total. The molecule has 3 heterocycles. The molecule has 0 aliphatic rings. The van der Waals surface area contributed by atoms with E-state index in [0.29, 0.717) is 33.9 Å². The van der Waals surface area contributed by atoms with E-state index in [1.807, 2.05) is 42.5 Å². The van der Waals surface area contributed by atoms with Crippen LogP contribution in [0, 0.1) is 11.6 Å². The summed E-state index contributed by atoms with van der Waals surface area (Å²) in [7, 11) is 0. The second-order valence-corrected chi connectivity index (χ2v) is 9.20. The summed E-state index contributed by atoms with van der Waals surface area (Å²) in [5.74, 6) is -4.00. The van der Waals surface area contributed by atoms with Crippen molar-refractivity contribution in [3.8, 4) is 28.3 Å². The number of aromatic carboxylic acids is 1. The number of carboxylic acid groups (broad SMARTS) is 1. The van der Waals surface area contributed by atoms with E-state index in [1.165, 1.54) is 24.3 Å². The Morgan fingerprint density at radius 1 is 0.857 bits per heavy atom. The number of hydrogen-bond acceptors (Lipinski definition) is 6. The summed E-state index contributed by atoms with van der Waals surface area (Å²) < 4.78 is 31.7. The first kappa shape index (κ1) is 26.3. The van der Waals surface area contributed by atoms with Gasteiger partial charge in [-0.2, -0.15) is 0 Å². The van der Waals surface area contributed by atoms with Crippen molar-refractivity contribution in [2.75, 3.05) is 11.1 Å². The Bertz CT molecular complexity index is 2010. The van der Waals surface area contributed by atoms with Gasteiger partial charge in [0.1, 0.15) is 23.0 Å². The summed E-state index contributed by atoms with van der Waals surface area (Å²) in [4.78, 5) is 37.7. The first-order valence-electron chi connectivity index (χ1n) is 12.6. The molecule has 3 aromatic heterocycles. The number of imidazole rings is 1. The molecule has 0 radical (unpaired) electrons.